The molecule has 2 rings (SSSR count). The van der Waals surface area contributed by atoms with E-state index in [2.05, 4.69) is 0 Å². The topological polar surface area (TPSA) is 75.8 Å². The number of nitrogens with zero attached hydrogens (tertiary/aromatic N) is 2. The second kappa shape index (κ2) is 5.32. The molecule has 0 amide bonds. The summed E-state index contributed by atoms with van der Waals surface area (Å²) in [6.45, 7) is 3.56. The summed E-state index contributed by atoms with van der Waals surface area (Å²) < 4.78 is 5.33. The van der Waals surface area contributed by atoms with E-state index in [1.807, 2.05) is 11.8 Å². The SMILES string of the molecule is CC1COCCN1c1ccc(CO)cc1[N+](=O)[O-]. The van der Waals surface area contributed by atoms with Crippen molar-refractivity contribution in [2.45, 2.75) is 19.6 Å². The summed E-state index contributed by atoms with van der Waals surface area (Å²) >= 11 is 0. The van der Waals surface area contributed by atoms with E-state index in [9.17, 15) is 10.1 Å². The Morgan fingerprint density at radius 2 is 2.39 bits per heavy atom. The zero-order chi connectivity index (χ0) is 13.1. The average Bonchev–Trinajstić information content (AvgIpc) is 2.38. The largest absolute Gasteiger partial charge is 0.392 e. The van der Waals surface area contributed by atoms with Crippen molar-refractivity contribution in [3.63, 3.8) is 0 Å². The molecule has 0 aliphatic carbocycles. The molecule has 1 aliphatic heterocycles. The van der Waals surface area contributed by atoms with Crippen molar-refractivity contribution >= 4 is 11.4 Å². The summed E-state index contributed by atoms with van der Waals surface area (Å²) in [5, 5.41) is 20.1. The van der Waals surface area contributed by atoms with Crippen LogP contribution in [0.25, 0.3) is 0 Å². The molecule has 1 N–H and O–H groups in total. The molecule has 6 heteroatoms. The van der Waals surface area contributed by atoms with Crippen molar-refractivity contribution in [2.75, 3.05) is 24.7 Å². The Kier molecular flexibility index (Phi) is 3.78. The molecule has 1 aromatic rings. The van der Waals surface area contributed by atoms with Crippen LogP contribution in [0.2, 0.25) is 0 Å². The van der Waals surface area contributed by atoms with Crippen molar-refractivity contribution in [2.24, 2.45) is 0 Å². The van der Waals surface area contributed by atoms with Crippen molar-refractivity contribution in [3.8, 4) is 0 Å². The molecule has 0 saturated carbocycles. The van der Waals surface area contributed by atoms with Crippen LogP contribution in [0.3, 0.4) is 0 Å². The molecule has 98 valence electrons. The third-order valence-electron chi connectivity index (χ3n) is 3.10. The standard InChI is InChI=1S/C12H16N2O4/c1-9-8-18-5-4-13(9)11-3-2-10(7-15)6-12(11)14(16)17/h2-3,6,9,15H,4-5,7-8H2,1H3. The van der Waals surface area contributed by atoms with Crippen LogP contribution in [0.1, 0.15) is 12.5 Å². The fourth-order valence-electron chi connectivity index (χ4n) is 2.14. The van der Waals surface area contributed by atoms with Crippen LogP contribution >= 0.6 is 0 Å². The van der Waals surface area contributed by atoms with Gasteiger partial charge in [0.1, 0.15) is 5.69 Å². The molecule has 0 radical (unpaired) electrons. The summed E-state index contributed by atoms with van der Waals surface area (Å²) in [5.41, 5.74) is 1.18. The maximum atomic E-state index is 11.1. The minimum atomic E-state index is -0.406. The van der Waals surface area contributed by atoms with E-state index in [1.54, 1.807) is 12.1 Å². The van der Waals surface area contributed by atoms with E-state index in [1.165, 1.54) is 6.07 Å². The number of hydrogen-bond donors (Lipinski definition) is 1. The summed E-state index contributed by atoms with van der Waals surface area (Å²) in [5.74, 6) is 0. The number of nitro benzene ring substituents is 1. The summed E-state index contributed by atoms with van der Waals surface area (Å²) in [6, 6.07) is 4.95. The Bertz CT molecular complexity index is 450. The first-order valence-corrected chi connectivity index (χ1v) is 5.86. The van der Waals surface area contributed by atoms with Gasteiger partial charge >= 0.3 is 0 Å². The summed E-state index contributed by atoms with van der Waals surface area (Å²) in [7, 11) is 0. The summed E-state index contributed by atoms with van der Waals surface area (Å²) in [4.78, 5) is 12.7. The van der Waals surface area contributed by atoms with Crippen molar-refractivity contribution in [1.29, 1.82) is 0 Å². The van der Waals surface area contributed by atoms with E-state index >= 15 is 0 Å². The van der Waals surface area contributed by atoms with Crippen molar-refractivity contribution in [1.82, 2.24) is 0 Å². The van der Waals surface area contributed by atoms with Crippen LogP contribution in [-0.4, -0.2) is 35.8 Å². The Balaban J connectivity index is 2.39. The predicted molar refractivity (Wildman–Crippen MR) is 66.6 cm³/mol. The van der Waals surface area contributed by atoms with E-state index in [0.717, 1.165) is 0 Å². The number of benzene rings is 1. The lowest BCUT2D eigenvalue weighted by molar-refractivity contribution is -0.384. The highest BCUT2D eigenvalue weighted by Crippen LogP contribution is 2.31. The molecule has 1 heterocycles. The Morgan fingerprint density at radius 1 is 1.61 bits per heavy atom. The molecular weight excluding hydrogens is 236 g/mol. The highest BCUT2D eigenvalue weighted by molar-refractivity contribution is 5.65. The number of hydrogen-bond acceptors (Lipinski definition) is 5. The van der Waals surface area contributed by atoms with Gasteiger partial charge in [0.15, 0.2) is 0 Å². The second-order valence-electron chi connectivity index (χ2n) is 4.36. The number of aliphatic hydroxyl groups excluding tert-OH is 1. The molecule has 0 spiro atoms. The normalized spacial score (nSPS) is 19.9. The second-order valence-corrected chi connectivity index (χ2v) is 4.36. The van der Waals surface area contributed by atoms with Gasteiger partial charge in [0.05, 0.1) is 24.7 Å². The highest BCUT2D eigenvalue weighted by atomic mass is 16.6. The first kappa shape index (κ1) is 12.8. The number of ether oxygens (including phenoxy) is 1. The molecule has 1 fully saturated rings. The van der Waals surface area contributed by atoms with Crippen molar-refractivity contribution < 1.29 is 14.8 Å². The predicted octanol–water partition coefficient (Wildman–Crippen LogP) is 1.31. The minimum Gasteiger partial charge on any atom is -0.392 e. The van der Waals surface area contributed by atoms with Gasteiger partial charge < -0.3 is 14.7 Å². The van der Waals surface area contributed by atoms with Gasteiger partial charge in [-0.15, -0.1) is 0 Å². The van der Waals surface area contributed by atoms with Crippen LogP contribution in [0.5, 0.6) is 0 Å². The number of rotatable bonds is 3. The first-order valence-electron chi connectivity index (χ1n) is 5.86. The number of morpholine rings is 1. The lowest BCUT2D eigenvalue weighted by Gasteiger charge is -2.34. The maximum Gasteiger partial charge on any atom is 0.292 e. The third kappa shape index (κ3) is 2.44. The smallest absolute Gasteiger partial charge is 0.292 e. The van der Waals surface area contributed by atoms with Gasteiger partial charge in [0, 0.05) is 18.7 Å². The number of anilines is 1. The minimum absolute atomic E-state index is 0.0373. The van der Waals surface area contributed by atoms with Crippen LogP contribution in [0.15, 0.2) is 18.2 Å². The van der Waals surface area contributed by atoms with Gasteiger partial charge in [-0.3, -0.25) is 10.1 Å². The average molecular weight is 252 g/mol. The molecule has 6 nitrogen and oxygen atoms in total. The first-order chi connectivity index (χ1) is 8.63. The van der Waals surface area contributed by atoms with Crippen LogP contribution < -0.4 is 4.90 Å². The fourth-order valence-corrected chi connectivity index (χ4v) is 2.14. The fraction of sp³-hybridized carbons (Fsp3) is 0.500. The lowest BCUT2D eigenvalue weighted by Crippen LogP contribution is -2.43. The lowest BCUT2D eigenvalue weighted by atomic mass is 10.1. The van der Waals surface area contributed by atoms with E-state index in [0.29, 0.717) is 31.0 Å². The molecule has 1 aliphatic rings. The third-order valence-corrected chi connectivity index (χ3v) is 3.10. The highest BCUT2D eigenvalue weighted by Gasteiger charge is 2.26. The number of nitro groups is 1. The Labute approximate surface area is 105 Å². The van der Waals surface area contributed by atoms with Crippen molar-refractivity contribution in [3.05, 3.63) is 33.9 Å². The van der Waals surface area contributed by atoms with E-state index < -0.39 is 4.92 Å². The van der Waals surface area contributed by atoms with Gasteiger partial charge in [-0.05, 0) is 18.6 Å². The molecule has 0 bridgehead atoms. The van der Waals surface area contributed by atoms with E-state index in [-0.39, 0.29) is 18.3 Å². The zero-order valence-electron chi connectivity index (χ0n) is 10.2. The Morgan fingerprint density at radius 3 is 3.00 bits per heavy atom. The molecule has 1 aromatic carbocycles. The maximum absolute atomic E-state index is 11.1. The molecule has 1 unspecified atom stereocenters. The monoisotopic (exact) mass is 252 g/mol. The van der Waals surface area contributed by atoms with Gasteiger partial charge in [-0.1, -0.05) is 6.07 Å². The molecule has 1 atom stereocenters. The van der Waals surface area contributed by atoms with Crippen LogP contribution in [0.4, 0.5) is 11.4 Å². The molecule has 18 heavy (non-hydrogen) atoms. The molecule has 0 aromatic heterocycles. The van der Waals surface area contributed by atoms with Crippen LogP contribution in [0, 0.1) is 10.1 Å². The Hall–Kier alpha value is -1.66. The zero-order valence-corrected chi connectivity index (χ0v) is 10.2. The van der Waals surface area contributed by atoms with Gasteiger partial charge in [0.2, 0.25) is 0 Å². The van der Waals surface area contributed by atoms with Crippen LogP contribution in [-0.2, 0) is 11.3 Å². The molecule has 1 saturated heterocycles. The molecular formula is C12H16N2O4. The number of aliphatic hydroxyl groups is 1. The summed E-state index contributed by atoms with van der Waals surface area (Å²) in [6.07, 6.45) is 0. The quantitative estimate of drug-likeness (QED) is 0.648. The van der Waals surface area contributed by atoms with Gasteiger partial charge in [-0.25, -0.2) is 0 Å². The van der Waals surface area contributed by atoms with Gasteiger partial charge in [0.25, 0.3) is 5.69 Å². The van der Waals surface area contributed by atoms with E-state index in [4.69, 9.17) is 9.84 Å². The van der Waals surface area contributed by atoms with Gasteiger partial charge in [-0.2, -0.15) is 0 Å².